The minimum atomic E-state index is -0.278. The Balaban J connectivity index is 1.78. The Labute approximate surface area is 126 Å². The maximum atomic E-state index is 13.2. The fourth-order valence-corrected chi connectivity index (χ4v) is 2.84. The Hall–Kier alpha value is -0.980. The molecule has 0 unspecified atom stereocenters. The van der Waals surface area contributed by atoms with E-state index in [2.05, 4.69) is 26.1 Å². The molecule has 1 heterocycles. The molecule has 0 saturated carbocycles. The molecule has 1 aromatic rings. The first kappa shape index (κ1) is 15.4. The van der Waals surface area contributed by atoms with Crippen LogP contribution in [0.5, 0.6) is 0 Å². The first-order chi connectivity index (χ1) is 9.54. The average Bonchev–Trinajstić information content (AvgIpc) is 2.41. The molecule has 6 heteroatoms. The van der Waals surface area contributed by atoms with Gasteiger partial charge in [0.2, 0.25) is 5.91 Å². The molecule has 110 valence electrons. The quantitative estimate of drug-likeness (QED) is 0.854. The molecule has 1 aliphatic rings. The van der Waals surface area contributed by atoms with Gasteiger partial charge in [0.25, 0.3) is 0 Å². The molecule has 1 amide bonds. The summed E-state index contributed by atoms with van der Waals surface area (Å²) in [7, 11) is 0. The highest BCUT2D eigenvalue weighted by molar-refractivity contribution is 9.10. The number of piperidine rings is 1. The van der Waals surface area contributed by atoms with Gasteiger partial charge < -0.3 is 11.1 Å². The van der Waals surface area contributed by atoms with Crippen LogP contribution in [-0.4, -0.2) is 36.5 Å². The van der Waals surface area contributed by atoms with Gasteiger partial charge in [-0.2, -0.15) is 0 Å². The van der Waals surface area contributed by atoms with Crippen LogP contribution in [0.4, 0.5) is 4.39 Å². The maximum Gasteiger partial charge on any atom is 0.231 e. The van der Waals surface area contributed by atoms with Gasteiger partial charge in [0.1, 0.15) is 5.82 Å². The van der Waals surface area contributed by atoms with Crippen LogP contribution >= 0.6 is 15.9 Å². The molecule has 1 aromatic carbocycles. The second kappa shape index (κ2) is 7.15. The summed E-state index contributed by atoms with van der Waals surface area (Å²) in [6.45, 7) is 2.71. The molecule has 0 bridgehead atoms. The van der Waals surface area contributed by atoms with Gasteiger partial charge >= 0.3 is 0 Å². The Kier molecular flexibility index (Phi) is 5.51. The van der Waals surface area contributed by atoms with Gasteiger partial charge in [-0.25, -0.2) is 4.39 Å². The normalized spacial score (nSPS) is 17.3. The van der Waals surface area contributed by atoms with Crippen LogP contribution in [0, 0.1) is 5.82 Å². The van der Waals surface area contributed by atoms with Crippen molar-refractivity contribution in [3.8, 4) is 0 Å². The topological polar surface area (TPSA) is 58.4 Å². The molecule has 0 radical (unpaired) electrons. The standard InChI is InChI=1S/C14H19BrFN3O/c15-13-2-1-11(16)7-10(13)8-18-12-3-5-19(6-4-12)9-14(17)20/h1-2,7,12,18H,3-6,8-9H2,(H2,17,20). The van der Waals surface area contributed by atoms with Crippen LogP contribution in [0.25, 0.3) is 0 Å². The zero-order valence-electron chi connectivity index (χ0n) is 11.2. The second-order valence-corrected chi connectivity index (χ2v) is 5.99. The van der Waals surface area contributed by atoms with E-state index in [1.807, 2.05) is 0 Å². The highest BCUT2D eigenvalue weighted by Gasteiger charge is 2.19. The molecule has 20 heavy (non-hydrogen) atoms. The number of amides is 1. The lowest BCUT2D eigenvalue weighted by atomic mass is 10.0. The van der Waals surface area contributed by atoms with Crippen LogP contribution in [0.1, 0.15) is 18.4 Å². The third-order valence-corrected chi connectivity index (χ3v) is 4.33. The minimum Gasteiger partial charge on any atom is -0.369 e. The Morgan fingerprint density at radius 3 is 2.80 bits per heavy atom. The van der Waals surface area contributed by atoms with Crippen molar-refractivity contribution in [1.29, 1.82) is 0 Å². The summed E-state index contributed by atoms with van der Waals surface area (Å²) < 4.78 is 14.1. The summed E-state index contributed by atoms with van der Waals surface area (Å²) in [5.74, 6) is -0.499. The van der Waals surface area contributed by atoms with E-state index in [1.54, 1.807) is 12.1 Å². The highest BCUT2D eigenvalue weighted by atomic mass is 79.9. The number of nitrogens with zero attached hydrogens (tertiary/aromatic N) is 1. The minimum absolute atomic E-state index is 0.221. The number of nitrogens with one attached hydrogen (secondary N) is 1. The number of hydrogen-bond donors (Lipinski definition) is 2. The first-order valence-electron chi connectivity index (χ1n) is 6.72. The number of primary amides is 1. The molecule has 0 atom stereocenters. The molecule has 0 aliphatic carbocycles. The molecule has 1 fully saturated rings. The van der Waals surface area contributed by atoms with Crippen LogP contribution < -0.4 is 11.1 Å². The molecule has 0 spiro atoms. The summed E-state index contributed by atoms with van der Waals surface area (Å²) in [4.78, 5) is 12.9. The van der Waals surface area contributed by atoms with E-state index >= 15 is 0 Å². The van der Waals surface area contributed by atoms with Crippen molar-refractivity contribution in [2.75, 3.05) is 19.6 Å². The number of hydrogen-bond acceptors (Lipinski definition) is 3. The SMILES string of the molecule is NC(=O)CN1CCC(NCc2cc(F)ccc2Br)CC1. The van der Waals surface area contributed by atoms with Gasteiger partial charge in [-0.3, -0.25) is 9.69 Å². The van der Waals surface area contributed by atoms with Crippen molar-refractivity contribution in [1.82, 2.24) is 10.2 Å². The largest absolute Gasteiger partial charge is 0.369 e. The van der Waals surface area contributed by atoms with Crippen LogP contribution in [0.2, 0.25) is 0 Å². The predicted molar refractivity (Wildman–Crippen MR) is 79.6 cm³/mol. The van der Waals surface area contributed by atoms with E-state index in [-0.39, 0.29) is 11.7 Å². The smallest absolute Gasteiger partial charge is 0.231 e. The van der Waals surface area contributed by atoms with Gasteiger partial charge in [-0.15, -0.1) is 0 Å². The third kappa shape index (κ3) is 4.54. The number of carbonyl (C=O) groups is 1. The Morgan fingerprint density at radius 2 is 2.15 bits per heavy atom. The average molecular weight is 344 g/mol. The molecule has 0 aromatic heterocycles. The van der Waals surface area contributed by atoms with Crippen LogP contribution in [-0.2, 0) is 11.3 Å². The number of benzene rings is 1. The van der Waals surface area contributed by atoms with Gasteiger partial charge in [-0.05, 0) is 36.6 Å². The number of likely N-dealkylation sites (tertiary alicyclic amines) is 1. The lowest BCUT2D eigenvalue weighted by molar-refractivity contribution is -0.119. The fraction of sp³-hybridized carbons (Fsp3) is 0.500. The van der Waals surface area contributed by atoms with Crippen molar-refractivity contribution < 1.29 is 9.18 Å². The maximum absolute atomic E-state index is 13.2. The third-order valence-electron chi connectivity index (χ3n) is 3.56. The van der Waals surface area contributed by atoms with Crippen molar-refractivity contribution in [3.63, 3.8) is 0 Å². The molecule has 3 N–H and O–H groups in total. The van der Waals surface area contributed by atoms with E-state index in [9.17, 15) is 9.18 Å². The summed E-state index contributed by atoms with van der Waals surface area (Å²) in [5, 5.41) is 3.44. The van der Waals surface area contributed by atoms with E-state index < -0.39 is 0 Å². The number of carbonyl (C=O) groups excluding carboxylic acids is 1. The van der Waals surface area contributed by atoms with Crippen LogP contribution in [0.15, 0.2) is 22.7 Å². The molecule has 1 aliphatic heterocycles. The van der Waals surface area contributed by atoms with Crippen molar-refractivity contribution in [2.45, 2.75) is 25.4 Å². The molecule has 1 saturated heterocycles. The van der Waals surface area contributed by atoms with Gasteiger partial charge in [-0.1, -0.05) is 15.9 Å². The lowest BCUT2D eigenvalue weighted by Gasteiger charge is -2.31. The Bertz CT molecular complexity index is 475. The van der Waals surface area contributed by atoms with Gasteiger partial charge in [0.15, 0.2) is 0 Å². The van der Waals surface area contributed by atoms with Crippen molar-refractivity contribution >= 4 is 21.8 Å². The zero-order chi connectivity index (χ0) is 14.5. The monoisotopic (exact) mass is 343 g/mol. The van der Waals surface area contributed by atoms with Crippen molar-refractivity contribution in [2.24, 2.45) is 5.73 Å². The van der Waals surface area contributed by atoms with Crippen LogP contribution in [0.3, 0.4) is 0 Å². The van der Waals surface area contributed by atoms with Gasteiger partial charge in [0.05, 0.1) is 6.54 Å². The Morgan fingerprint density at radius 1 is 1.45 bits per heavy atom. The van der Waals surface area contributed by atoms with E-state index in [4.69, 9.17) is 5.73 Å². The molecular weight excluding hydrogens is 325 g/mol. The van der Waals surface area contributed by atoms with E-state index in [1.165, 1.54) is 6.07 Å². The van der Waals surface area contributed by atoms with Gasteiger partial charge in [0, 0.05) is 30.1 Å². The lowest BCUT2D eigenvalue weighted by Crippen LogP contribution is -2.45. The second-order valence-electron chi connectivity index (χ2n) is 5.13. The number of halogens is 2. The number of nitrogens with two attached hydrogens (primary N) is 1. The molecule has 4 nitrogen and oxygen atoms in total. The van der Waals surface area contributed by atoms with Crippen molar-refractivity contribution in [3.05, 3.63) is 34.1 Å². The van der Waals surface area contributed by atoms with E-state index in [0.717, 1.165) is 36.0 Å². The zero-order valence-corrected chi connectivity index (χ0v) is 12.8. The molecule has 2 rings (SSSR count). The van der Waals surface area contributed by atoms with E-state index in [0.29, 0.717) is 19.1 Å². The fourth-order valence-electron chi connectivity index (χ4n) is 2.45. The summed E-state index contributed by atoms with van der Waals surface area (Å²) in [5.41, 5.74) is 6.11. The summed E-state index contributed by atoms with van der Waals surface area (Å²) in [6.07, 6.45) is 1.94. The summed E-state index contributed by atoms with van der Waals surface area (Å²) in [6, 6.07) is 5.10. The number of rotatable bonds is 5. The molecular formula is C14H19BrFN3O. The predicted octanol–water partition coefficient (Wildman–Crippen LogP) is 1.63. The first-order valence-corrected chi connectivity index (χ1v) is 7.52. The highest BCUT2D eigenvalue weighted by Crippen LogP contribution is 2.18. The summed E-state index contributed by atoms with van der Waals surface area (Å²) >= 11 is 3.43.